The molecule has 1 aliphatic carbocycles. The monoisotopic (exact) mass is 499 g/mol. The Bertz CT molecular complexity index is 1290. The van der Waals surface area contributed by atoms with Gasteiger partial charge < -0.3 is 15.0 Å². The molecule has 0 bridgehead atoms. The lowest BCUT2D eigenvalue weighted by atomic mass is 9.95. The number of ether oxygens (including phenoxy) is 1. The van der Waals surface area contributed by atoms with Gasteiger partial charge in [-0.25, -0.2) is 0 Å². The summed E-state index contributed by atoms with van der Waals surface area (Å²) >= 11 is 0. The van der Waals surface area contributed by atoms with Crippen LogP contribution in [0.3, 0.4) is 0 Å². The first-order valence-electron chi connectivity index (χ1n) is 13.4. The van der Waals surface area contributed by atoms with Crippen LogP contribution in [0.1, 0.15) is 66.4 Å². The minimum Gasteiger partial charge on any atom is -0.378 e. The van der Waals surface area contributed by atoms with Crippen molar-refractivity contribution in [3.63, 3.8) is 0 Å². The molecule has 2 amide bonds. The van der Waals surface area contributed by atoms with Gasteiger partial charge in [0.25, 0.3) is 5.91 Å². The highest BCUT2D eigenvalue weighted by Gasteiger charge is 2.25. The summed E-state index contributed by atoms with van der Waals surface area (Å²) in [7, 11) is 0. The fourth-order valence-electron chi connectivity index (χ4n) is 4.94. The van der Waals surface area contributed by atoms with E-state index < -0.39 is 0 Å². The molecule has 6 heteroatoms. The van der Waals surface area contributed by atoms with Crippen LogP contribution in [0, 0.1) is 0 Å². The number of morpholine rings is 1. The second kappa shape index (κ2) is 12.6. The van der Waals surface area contributed by atoms with Crippen molar-refractivity contribution < 1.29 is 14.3 Å². The molecule has 0 spiro atoms. The van der Waals surface area contributed by atoms with Gasteiger partial charge in [0.1, 0.15) is 0 Å². The largest absolute Gasteiger partial charge is 0.378 e. The third-order valence-corrected chi connectivity index (χ3v) is 6.86. The molecule has 0 atom stereocenters. The molecule has 194 valence electrons. The third kappa shape index (κ3) is 6.08. The summed E-state index contributed by atoms with van der Waals surface area (Å²) in [6.07, 6.45) is 8.44. The van der Waals surface area contributed by atoms with Gasteiger partial charge in [-0.15, -0.1) is 0 Å². The molecule has 0 unspecified atom stereocenters. The number of hydrogen-bond donors (Lipinski definition) is 1. The van der Waals surface area contributed by atoms with Crippen LogP contribution in [-0.4, -0.2) is 48.0 Å². The average Bonchev–Trinajstić information content (AvgIpc) is 3.43. The molecule has 1 saturated heterocycles. The van der Waals surface area contributed by atoms with Gasteiger partial charge in [-0.1, -0.05) is 69.7 Å². The van der Waals surface area contributed by atoms with Crippen LogP contribution in [0.15, 0.2) is 48.5 Å². The summed E-state index contributed by atoms with van der Waals surface area (Å²) in [4.78, 5) is 31.2. The average molecular weight is 500 g/mol. The lowest BCUT2D eigenvalue weighted by Crippen LogP contribution is -2.41. The van der Waals surface area contributed by atoms with E-state index in [2.05, 4.69) is 37.4 Å². The number of carbonyl (C=O) groups is 2. The zero-order chi connectivity index (χ0) is 26.2. The molecule has 2 aromatic carbocycles. The summed E-state index contributed by atoms with van der Waals surface area (Å²) in [6.45, 7) is 8.71. The van der Waals surface area contributed by atoms with Gasteiger partial charge in [-0.3, -0.25) is 14.6 Å². The minimum absolute atomic E-state index is 0.0744. The van der Waals surface area contributed by atoms with Crippen LogP contribution in [-0.2, 0) is 28.8 Å². The van der Waals surface area contributed by atoms with E-state index in [1.165, 1.54) is 11.1 Å². The standard InChI is InChI=1S/C19H24N2O2.C12H13NO/c1-3-7-16-14(4-2)18(15-8-5-6-9-17(15)20-16)19(22)21-10-12-23-13-11-21;1-2-12(14)13-11-8-4-6-9-5-3-7-10(9)11/h5-6,8-9H,3-4,7,10-13H2,1-2H3;3-6,8H,2,7H2,1H3,(H,13,14). The number of aromatic nitrogens is 1. The van der Waals surface area contributed by atoms with E-state index in [0.29, 0.717) is 32.7 Å². The Morgan fingerprint density at radius 3 is 2.54 bits per heavy atom. The van der Waals surface area contributed by atoms with Gasteiger partial charge in [0.2, 0.25) is 5.91 Å². The lowest BCUT2D eigenvalue weighted by molar-refractivity contribution is -0.115. The van der Waals surface area contributed by atoms with Crippen LogP contribution in [0.25, 0.3) is 17.0 Å². The van der Waals surface area contributed by atoms with Gasteiger partial charge in [0.15, 0.2) is 0 Å². The highest BCUT2D eigenvalue weighted by molar-refractivity contribution is 6.07. The number of para-hydroxylation sites is 1. The van der Waals surface area contributed by atoms with E-state index in [1.807, 2.05) is 48.2 Å². The number of benzene rings is 2. The highest BCUT2D eigenvalue weighted by atomic mass is 16.5. The molecule has 37 heavy (non-hydrogen) atoms. The first kappa shape index (κ1) is 26.6. The molecule has 1 fully saturated rings. The summed E-state index contributed by atoms with van der Waals surface area (Å²) < 4.78 is 5.39. The number of carbonyl (C=O) groups excluding carboxylic acids is 2. The number of nitrogens with one attached hydrogen (secondary N) is 1. The minimum atomic E-state index is 0.0744. The number of pyridine rings is 1. The highest BCUT2D eigenvalue weighted by Crippen LogP contribution is 2.28. The van der Waals surface area contributed by atoms with Crippen LogP contribution in [0.2, 0.25) is 0 Å². The zero-order valence-electron chi connectivity index (χ0n) is 22.2. The predicted molar refractivity (Wildman–Crippen MR) is 150 cm³/mol. The number of anilines is 1. The van der Waals surface area contributed by atoms with Gasteiger partial charge >= 0.3 is 0 Å². The smallest absolute Gasteiger partial charge is 0.255 e. The fourth-order valence-corrected chi connectivity index (χ4v) is 4.94. The van der Waals surface area contributed by atoms with E-state index in [9.17, 15) is 9.59 Å². The maximum absolute atomic E-state index is 13.2. The van der Waals surface area contributed by atoms with Crippen molar-refractivity contribution in [3.8, 4) is 0 Å². The van der Waals surface area contributed by atoms with Crippen molar-refractivity contribution in [1.29, 1.82) is 0 Å². The van der Waals surface area contributed by atoms with E-state index in [-0.39, 0.29) is 11.8 Å². The third-order valence-electron chi connectivity index (χ3n) is 6.86. The van der Waals surface area contributed by atoms with Crippen molar-refractivity contribution in [1.82, 2.24) is 9.88 Å². The van der Waals surface area contributed by atoms with Crippen molar-refractivity contribution in [2.24, 2.45) is 0 Å². The first-order valence-corrected chi connectivity index (χ1v) is 13.4. The number of hydrogen-bond acceptors (Lipinski definition) is 4. The van der Waals surface area contributed by atoms with Crippen LogP contribution < -0.4 is 5.32 Å². The molecular formula is C31H37N3O3. The Morgan fingerprint density at radius 2 is 1.81 bits per heavy atom. The molecule has 1 N–H and O–H groups in total. The molecule has 3 aromatic rings. The number of rotatable bonds is 6. The summed E-state index contributed by atoms with van der Waals surface area (Å²) in [5.74, 6) is 0.200. The van der Waals surface area contributed by atoms with Crippen LogP contribution in [0.4, 0.5) is 5.69 Å². The molecule has 6 nitrogen and oxygen atoms in total. The van der Waals surface area contributed by atoms with Gasteiger partial charge in [0.05, 0.1) is 24.3 Å². The number of aryl methyl sites for hydroxylation is 1. The number of allylic oxidation sites excluding steroid dienone is 1. The molecule has 5 rings (SSSR count). The van der Waals surface area contributed by atoms with E-state index in [1.54, 1.807) is 0 Å². The maximum Gasteiger partial charge on any atom is 0.255 e. The number of fused-ring (bicyclic) bond motifs is 2. The Kier molecular flexibility index (Phi) is 9.07. The van der Waals surface area contributed by atoms with Crippen LogP contribution >= 0.6 is 0 Å². The molecular weight excluding hydrogens is 462 g/mol. The lowest BCUT2D eigenvalue weighted by Gasteiger charge is -2.28. The van der Waals surface area contributed by atoms with Crippen molar-refractivity contribution in [2.45, 2.75) is 52.9 Å². The SMILES string of the molecule is CCC(=O)Nc1cccc2c1CC=C2.CCCc1nc2ccccc2c(C(=O)N2CCOCC2)c1CC. The van der Waals surface area contributed by atoms with Crippen LogP contribution in [0.5, 0.6) is 0 Å². The summed E-state index contributed by atoms with van der Waals surface area (Å²) in [6, 6.07) is 14.0. The Labute approximate surface area is 219 Å². The second-order valence-corrected chi connectivity index (χ2v) is 9.32. The molecule has 0 saturated carbocycles. The predicted octanol–water partition coefficient (Wildman–Crippen LogP) is 5.83. The Balaban J connectivity index is 0.000000195. The Hall–Kier alpha value is -3.51. The maximum atomic E-state index is 13.2. The second-order valence-electron chi connectivity index (χ2n) is 9.32. The molecule has 1 aliphatic heterocycles. The topological polar surface area (TPSA) is 71.5 Å². The quantitative estimate of drug-likeness (QED) is 0.463. The molecule has 2 aliphatic rings. The van der Waals surface area contributed by atoms with Crippen molar-refractivity contribution in [3.05, 3.63) is 76.5 Å². The van der Waals surface area contributed by atoms with Gasteiger partial charge in [-0.2, -0.15) is 0 Å². The van der Waals surface area contributed by atoms with E-state index in [0.717, 1.165) is 59.1 Å². The molecule has 1 aromatic heterocycles. The Morgan fingerprint density at radius 1 is 1.03 bits per heavy atom. The molecule has 2 heterocycles. The van der Waals surface area contributed by atoms with Gasteiger partial charge in [-0.05, 0) is 48.1 Å². The van der Waals surface area contributed by atoms with Gasteiger partial charge in [0, 0.05) is 36.3 Å². The fraction of sp³-hybridized carbons (Fsp3) is 0.387. The van der Waals surface area contributed by atoms with E-state index >= 15 is 0 Å². The first-order chi connectivity index (χ1) is 18.1. The number of nitrogens with zero attached hydrogens (tertiary/aromatic N) is 2. The van der Waals surface area contributed by atoms with E-state index in [4.69, 9.17) is 9.72 Å². The van der Waals surface area contributed by atoms with Crippen molar-refractivity contribution >= 4 is 34.5 Å². The number of amides is 2. The normalized spacial score (nSPS) is 14.2. The zero-order valence-corrected chi connectivity index (χ0v) is 22.2. The molecule has 0 radical (unpaired) electrons. The van der Waals surface area contributed by atoms with Crippen molar-refractivity contribution in [2.75, 3.05) is 31.6 Å². The summed E-state index contributed by atoms with van der Waals surface area (Å²) in [5.41, 5.74) is 7.37. The summed E-state index contributed by atoms with van der Waals surface area (Å²) in [5, 5.41) is 3.89.